The fourth-order valence-corrected chi connectivity index (χ4v) is 6.19. The fourth-order valence-electron chi connectivity index (χ4n) is 5.65. The van der Waals surface area contributed by atoms with Crippen LogP contribution in [0.15, 0.2) is 59.4 Å². The third kappa shape index (κ3) is 7.48. The molecular weight excluding hydrogens is 602 g/mol. The summed E-state index contributed by atoms with van der Waals surface area (Å²) < 4.78 is 17.1. The Morgan fingerprint density at radius 2 is 1.80 bits per heavy atom. The van der Waals surface area contributed by atoms with Gasteiger partial charge in [-0.1, -0.05) is 12.1 Å². The summed E-state index contributed by atoms with van der Waals surface area (Å²) >= 11 is 1.53. The number of carbonyl (C=O) groups excluding carboxylic acids is 1. The van der Waals surface area contributed by atoms with Gasteiger partial charge in [-0.05, 0) is 80.3 Å². The number of amides is 1. The van der Waals surface area contributed by atoms with Gasteiger partial charge in [-0.2, -0.15) is 0 Å². The lowest BCUT2D eigenvalue weighted by Crippen LogP contribution is -2.50. The van der Waals surface area contributed by atoms with E-state index in [4.69, 9.17) is 14.2 Å². The minimum atomic E-state index is -0.482. The first kappa shape index (κ1) is 31.5. The minimum absolute atomic E-state index is 0.217. The van der Waals surface area contributed by atoms with Crippen molar-refractivity contribution in [3.8, 4) is 28.4 Å². The molecule has 0 spiro atoms. The van der Waals surface area contributed by atoms with Gasteiger partial charge >= 0.3 is 6.09 Å². The summed E-state index contributed by atoms with van der Waals surface area (Å²) in [7, 11) is 1.62. The van der Waals surface area contributed by atoms with E-state index in [-0.39, 0.29) is 11.8 Å². The molecule has 3 aromatic carbocycles. The molecule has 1 saturated heterocycles. The first-order valence-electron chi connectivity index (χ1n) is 15.5. The van der Waals surface area contributed by atoms with E-state index < -0.39 is 5.60 Å². The van der Waals surface area contributed by atoms with E-state index in [2.05, 4.69) is 44.8 Å². The maximum Gasteiger partial charge on any atom is 0.410 e. The Balaban J connectivity index is 1.10. The number of benzene rings is 3. The summed E-state index contributed by atoms with van der Waals surface area (Å²) in [6, 6.07) is 16.0. The third-order valence-corrected chi connectivity index (χ3v) is 8.77. The molecule has 0 atom stereocenters. The van der Waals surface area contributed by atoms with Gasteiger partial charge in [-0.15, -0.1) is 11.3 Å². The highest BCUT2D eigenvalue weighted by molar-refractivity contribution is 7.07. The number of methoxy groups -OCH3 is 1. The van der Waals surface area contributed by atoms with Crippen LogP contribution in [0.2, 0.25) is 0 Å². The van der Waals surface area contributed by atoms with Crippen molar-refractivity contribution < 1.29 is 24.1 Å². The Morgan fingerprint density at radius 1 is 0.978 bits per heavy atom. The first-order chi connectivity index (χ1) is 22.1. The summed E-state index contributed by atoms with van der Waals surface area (Å²) in [5, 5.41) is 20.1. The van der Waals surface area contributed by atoms with Crippen LogP contribution in [-0.2, 0) is 24.3 Å². The van der Waals surface area contributed by atoms with Crippen LogP contribution in [0.3, 0.4) is 0 Å². The monoisotopic (exact) mass is 643 g/mol. The van der Waals surface area contributed by atoms with Gasteiger partial charge in [0.2, 0.25) is 0 Å². The Kier molecular flexibility index (Phi) is 9.23. The minimum Gasteiger partial charge on any atom is -0.507 e. The Bertz CT molecular complexity index is 1680. The largest absolute Gasteiger partial charge is 0.507 e. The van der Waals surface area contributed by atoms with Crippen molar-refractivity contribution in [2.45, 2.75) is 45.9 Å². The van der Waals surface area contributed by atoms with Gasteiger partial charge in [0.1, 0.15) is 18.0 Å². The molecule has 3 N–H and O–H groups in total. The van der Waals surface area contributed by atoms with Crippen LogP contribution in [0.5, 0.6) is 17.2 Å². The molecule has 0 bridgehead atoms. The molecule has 11 heteroatoms. The summed E-state index contributed by atoms with van der Waals surface area (Å²) in [6.45, 7) is 10.5. The maximum absolute atomic E-state index is 12.4. The van der Waals surface area contributed by atoms with Gasteiger partial charge in [-0.25, -0.2) is 9.78 Å². The Hall–Kier alpha value is -4.48. The number of phenols is 1. The molecule has 0 unspecified atom stereocenters. The van der Waals surface area contributed by atoms with Crippen LogP contribution < -0.4 is 20.1 Å². The van der Waals surface area contributed by atoms with Crippen molar-refractivity contribution in [1.82, 2.24) is 14.8 Å². The summed E-state index contributed by atoms with van der Waals surface area (Å²) in [5.41, 5.74) is 8.75. The predicted octanol–water partition coefficient (Wildman–Crippen LogP) is 6.87. The van der Waals surface area contributed by atoms with Gasteiger partial charge in [-0.3, -0.25) is 4.90 Å². The molecular formula is C35H41N5O5S. The van der Waals surface area contributed by atoms with Crippen molar-refractivity contribution in [3.63, 3.8) is 0 Å². The van der Waals surface area contributed by atoms with Gasteiger partial charge < -0.3 is 34.9 Å². The number of phenolic OH excluding ortho intramolecular Hbond substituents is 1. The maximum atomic E-state index is 12.4. The average Bonchev–Trinajstić information content (AvgIpc) is 3.49. The second-order valence-corrected chi connectivity index (χ2v) is 13.3. The van der Waals surface area contributed by atoms with Crippen LogP contribution in [-0.4, -0.2) is 71.4 Å². The molecule has 1 fully saturated rings. The molecule has 4 aromatic rings. The number of aromatic hydroxyl groups is 1. The zero-order chi connectivity index (χ0) is 32.3. The predicted molar refractivity (Wildman–Crippen MR) is 182 cm³/mol. The number of aromatic nitrogens is 1. The van der Waals surface area contributed by atoms with Crippen molar-refractivity contribution in [2.75, 3.05) is 50.5 Å². The number of carbonyl (C=O) groups is 1. The lowest BCUT2D eigenvalue weighted by atomic mass is 10.0. The van der Waals surface area contributed by atoms with E-state index in [1.54, 1.807) is 23.6 Å². The average molecular weight is 644 g/mol. The van der Waals surface area contributed by atoms with Crippen LogP contribution in [0.25, 0.3) is 11.1 Å². The molecule has 46 heavy (non-hydrogen) atoms. The molecule has 6 rings (SSSR count). The lowest BCUT2D eigenvalue weighted by Gasteiger charge is -2.35. The molecule has 0 radical (unpaired) electrons. The number of piperazine rings is 1. The fraction of sp³-hybridized carbons (Fsp3) is 0.371. The molecule has 1 amide bonds. The van der Waals surface area contributed by atoms with E-state index in [0.717, 1.165) is 65.5 Å². The normalized spacial score (nSPS) is 14.7. The summed E-state index contributed by atoms with van der Waals surface area (Å²) in [4.78, 5) is 20.9. The number of thiazole rings is 1. The Labute approximate surface area is 273 Å². The number of nitrogens with zero attached hydrogens (tertiary/aromatic N) is 3. The zero-order valence-electron chi connectivity index (χ0n) is 26.8. The van der Waals surface area contributed by atoms with Crippen molar-refractivity contribution in [2.24, 2.45) is 0 Å². The van der Waals surface area contributed by atoms with Gasteiger partial charge in [0.25, 0.3) is 0 Å². The molecule has 1 aromatic heterocycles. The SMILES string of the molecule is COc1cc(-c2cc(O)c3c(c2)Nc2ccc(CCN4CCN(C(=O)OC(C)(C)C)CC4)cc2NC3)ccc1OCc1cscn1. The second kappa shape index (κ2) is 13.5. The van der Waals surface area contributed by atoms with E-state index in [1.807, 2.05) is 44.4 Å². The quantitative estimate of drug-likeness (QED) is 0.190. The number of anilines is 3. The van der Waals surface area contributed by atoms with E-state index in [9.17, 15) is 9.90 Å². The van der Waals surface area contributed by atoms with Crippen LogP contribution in [0.1, 0.15) is 37.6 Å². The number of hydrogen-bond acceptors (Lipinski definition) is 10. The van der Waals surface area contributed by atoms with Crippen molar-refractivity contribution in [1.29, 1.82) is 0 Å². The Morgan fingerprint density at radius 3 is 2.54 bits per heavy atom. The number of ether oxygens (including phenoxy) is 3. The highest BCUT2D eigenvalue weighted by Gasteiger charge is 2.26. The molecule has 0 saturated carbocycles. The number of nitrogens with one attached hydrogen (secondary N) is 2. The van der Waals surface area contributed by atoms with Gasteiger partial charge in [0, 0.05) is 55.9 Å². The smallest absolute Gasteiger partial charge is 0.410 e. The topological polar surface area (TPSA) is 108 Å². The van der Waals surface area contributed by atoms with E-state index >= 15 is 0 Å². The lowest BCUT2D eigenvalue weighted by molar-refractivity contribution is 0.0146. The molecule has 3 heterocycles. The molecule has 2 aliphatic rings. The zero-order valence-corrected chi connectivity index (χ0v) is 27.6. The standard InChI is InChI=1S/C35H41N5O5S/c1-35(2,3)45-34(42)40-13-11-39(12-14-40)10-9-23-5-7-28-30(15-23)36-19-27-29(38-28)16-25(17-31(27)41)24-6-8-32(33(18-24)43-4)44-20-26-21-46-22-37-26/h5-8,15-18,21-22,36,38,41H,9-14,19-20H2,1-4H3. The van der Waals surface area contributed by atoms with Crippen LogP contribution in [0.4, 0.5) is 21.9 Å². The summed E-state index contributed by atoms with van der Waals surface area (Å²) in [6.07, 6.45) is 0.663. The summed E-state index contributed by atoms with van der Waals surface area (Å²) in [5.74, 6) is 1.46. The van der Waals surface area contributed by atoms with Crippen molar-refractivity contribution in [3.05, 3.63) is 76.2 Å². The van der Waals surface area contributed by atoms with E-state index in [1.165, 1.54) is 16.9 Å². The third-order valence-electron chi connectivity index (χ3n) is 8.13. The molecule has 242 valence electrons. The molecule has 2 aliphatic heterocycles. The highest BCUT2D eigenvalue weighted by atomic mass is 32.1. The molecule has 10 nitrogen and oxygen atoms in total. The van der Waals surface area contributed by atoms with Crippen LogP contribution in [0, 0.1) is 0 Å². The number of rotatable bonds is 8. The van der Waals surface area contributed by atoms with Gasteiger partial charge in [0.15, 0.2) is 11.5 Å². The second-order valence-electron chi connectivity index (χ2n) is 12.6. The van der Waals surface area contributed by atoms with Gasteiger partial charge in [0.05, 0.1) is 29.7 Å². The highest BCUT2D eigenvalue weighted by Crippen LogP contribution is 2.41. The van der Waals surface area contributed by atoms with Crippen molar-refractivity contribution >= 4 is 34.5 Å². The van der Waals surface area contributed by atoms with Crippen LogP contribution >= 0.6 is 11.3 Å². The number of hydrogen-bond donors (Lipinski definition) is 3. The first-order valence-corrected chi connectivity index (χ1v) is 16.5. The number of fused-ring (bicyclic) bond motifs is 2. The van der Waals surface area contributed by atoms with E-state index in [0.29, 0.717) is 37.7 Å². The molecule has 0 aliphatic carbocycles.